The lowest BCUT2D eigenvalue weighted by Gasteiger charge is -2.35. The Morgan fingerprint density at radius 3 is 2.56 bits per heavy atom. The molecule has 10 heteroatoms. The van der Waals surface area contributed by atoms with Crippen LogP contribution in [-0.4, -0.2) is 52.3 Å². The molecule has 1 aliphatic rings. The maximum absolute atomic E-state index is 14.5. The van der Waals surface area contributed by atoms with Gasteiger partial charge in [0, 0.05) is 18.7 Å². The van der Waals surface area contributed by atoms with Crippen molar-refractivity contribution in [1.82, 2.24) is 20.2 Å². The Bertz CT molecular complexity index is 1070. The molecular formula is C22H24F2N6O2. The van der Waals surface area contributed by atoms with Gasteiger partial charge in [-0.05, 0) is 44.5 Å². The highest BCUT2D eigenvalue weighted by atomic mass is 19.1. The minimum Gasteiger partial charge on any atom is -0.463 e. The molecule has 0 spiro atoms. The summed E-state index contributed by atoms with van der Waals surface area (Å²) in [6, 6.07) is 8.68. The van der Waals surface area contributed by atoms with Gasteiger partial charge in [-0.25, -0.2) is 13.8 Å². The first-order valence-corrected chi connectivity index (χ1v) is 10.3. The van der Waals surface area contributed by atoms with Crippen LogP contribution in [0.25, 0.3) is 11.1 Å². The summed E-state index contributed by atoms with van der Waals surface area (Å²) in [7, 11) is 0. The zero-order valence-electron chi connectivity index (χ0n) is 18.0. The summed E-state index contributed by atoms with van der Waals surface area (Å²) in [4.78, 5) is 10.5. The highest BCUT2D eigenvalue weighted by Crippen LogP contribution is 2.28. The predicted octanol–water partition coefficient (Wildman–Crippen LogP) is 4.04. The molecule has 32 heavy (non-hydrogen) atoms. The minimum absolute atomic E-state index is 0.0117. The molecule has 1 aromatic carbocycles. The summed E-state index contributed by atoms with van der Waals surface area (Å²) >= 11 is 0. The van der Waals surface area contributed by atoms with Crippen LogP contribution in [-0.2, 0) is 4.74 Å². The highest BCUT2D eigenvalue weighted by molar-refractivity contribution is 5.70. The zero-order chi connectivity index (χ0) is 22.7. The molecule has 0 bridgehead atoms. The number of nitrogens with zero attached hydrogens (tertiary/aromatic N) is 5. The van der Waals surface area contributed by atoms with Crippen LogP contribution in [0.1, 0.15) is 19.5 Å². The minimum atomic E-state index is -0.891. The van der Waals surface area contributed by atoms with Gasteiger partial charge < -0.3 is 19.7 Å². The van der Waals surface area contributed by atoms with Crippen molar-refractivity contribution < 1.29 is 18.3 Å². The molecule has 3 aromatic rings. The Balaban J connectivity index is 1.58. The van der Waals surface area contributed by atoms with Gasteiger partial charge in [0.25, 0.3) is 0 Å². The van der Waals surface area contributed by atoms with Gasteiger partial charge >= 0.3 is 0 Å². The molecule has 0 amide bonds. The lowest BCUT2D eigenvalue weighted by molar-refractivity contribution is -0.00572. The lowest BCUT2D eigenvalue weighted by Crippen LogP contribution is -2.46. The molecule has 2 atom stereocenters. The van der Waals surface area contributed by atoms with Crippen molar-refractivity contribution >= 4 is 17.6 Å². The summed E-state index contributed by atoms with van der Waals surface area (Å²) in [5.41, 5.74) is 2.32. The number of hydrogen-bond acceptors (Lipinski definition) is 8. The van der Waals surface area contributed by atoms with Gasteiger partial charge in [0.15, 0.2) is 17.5 Å². The van der Waals surface area contributed by atoms with Gasteiger partial charge in [-0.3, -0.25) is 0 Å². The van der Waals surface area contributed by atoms with E-state index >= 15 is 0 Å². The third-order valence-corrected chi connectivity index (χ3v) is 5.05. The van der Waals surface area contributed by atoms with Crippen molar-refractivity contribution in [1.29, 1.82) is 0 Å². The number of ether oxygens (including phenoxy) is 2. The molecule has 8 nitrogen and oxygen atoms in total. The average Bonchev–Trinajstić information content (AvgIpc) is 2.77. The van der Waals surface area contributed by atoms with Gasteiger partial charge in [-0.1, -0.05) is 12.1 Å². The van der Waals surface area contributed by atoms with Gasteiger partial charge in [0.1, 0.15) is 5.75 Å². The Morgan fingerprint density at radius 2 is 1.88 bits per heavy atom. The maximum atomic E-state index is 14.5. The van der Waals surface area contributed by atoms with Gasteiger partial charge in [-0.2, -0.15) is 10.1 Å². The summed E-state index contributed by atoms with van der Waals surface area (Å²) in [5.74, 6) is 0.593. The van der Waals surface area contributed by atoms with Crippen LogP contribution in [0.15, 0.2) is 36.5 Å². The average molecular weight is 442 g/mol. The van der Waals surface area contributed by atoms with E-state index in [0.717, 1.165) is 17.3 Å². The van der Waals surface area contributed by atoms with Gasteiger partial charge in [-0.15, -0.1) is 5.10 Å². The smallest absolute Gasteiger partial charge is 0.228 e. The van der Waals surface area contributed by atoms with Crippen LogP contribution in [0.4, 0.5) is 26.4 Å². The number of nitrogens with one attached hydrogen (secondary N) is 1. The van der Waals surface area contributed by atoms with Crippen molar-refractivity contribution in [3.05, 3.63) is 48.0 Å². The lowest BCUT2D eigenvalue weighted by atomic mass is 10.1. The number of morpholine rings is 1. The van der Waals surface area contributed by atoms with E-state index in [4.69, 9.17) is 9.47 Å². The molecule has 1 aliphatic heterocycles. The van der Waals surface area contributed by atoms with Crippen molar-refractivity contribution in [2.75, 3.05) is 30.2 Å². The molecule has 3 heterocycles. The molecule has 1 saturated heterocycles. The Morgan fingerprint density at radius 1 is 1.16 bits per heavy atom. The number of halogens is 2. The Kier molecular flexibility index (Phi) is 6.40. The van der Waals surface area contributed by atoms with Crippen LogP contribution in [0.2, 0.25) is 0 Å². The highest BCUT2D eigenvalue weighted by Gasteiger charge is 2.25. The van der Waals surface area contributed by atoms with Crippen molar-refractivity contribution in [2.24, 2.45) is 0 Å². The third-order valence-electron chi connectivity index (χ3n) is 5.05. The van der Waals surface area contributed by atoms with Crippen LogP contribution in [0, 0.1) is 12.7 Å². The number of aryl methyl sites for hydroxylation is 1. The van der Waals surface area contributed by atoms with E-state index in [2.05, 4.69) is 25.5 Å². The summed E-state index contributed by atoms with van der Waals surface area (Å²) in [5, 5.41) is 11.2. The van der Waals surface area contributed by atoms with Crippen LogP contribution < -0.4 is 15.0 Å². The van der Waals surface area contributed by atoms with Crippen LogP contribution in [0.3, 0.4) is 0 Å². The Hall–Kier alpha value is -3.40. The summed E-state index contributed by atoms with van der Waals surface area (Å²) in [6.45, 7) is 6.12. The summed E-state index contributed by atoms with van der Waals surface area (Å²) < 4.78 is 37.4. The molecule has 168 valence electrons. The monoisotopic (exact) mass is 442 g/mol. The number of aromatic nitrogens is 4. The first-order valence-electron chi connectivity index (χ1n) is 10.3. The van der Waals surface area contributed by atoms with E-state index in [1.807, 2.05) is 25.7 Å². The van der Waals surface area contributed by atoms with Crippen molar-refractivity contribution in [3.8, 4) is 16.9 Å². The fraction of sp³-hybridized carbons (Fsp3) is 0.364. The van der Waals surface area contributed by atoms with Crippen molar-refractivity contribution in [2.45, 2.75) is 33.0 Å². The topological polar surface area (TPSA) is 85.3 Å². The van der Waals surface area contributed by atoms with Crippen LogP contribution in [0.5, 0.6) is 5.75 Å². The third kappa shape index (κ3) is 4.91. The standard InChI is InChI=1S/C22H24F2N6O2/c1-13-10-30(11-14(2)32-13)22-25-9-19(24)21(27-22)26-20-8-18(15(3)28-29-20)16-4-6-17(7-5-16)31-12-23/h4-9,13-14H,10-12H2,1-3H3,(H,25,26,27,29)/t13-,14+. The Labute approximate surface area is 184 Å². The van der Waals surface area contributed by atoms with Gasteiger partial charge in [0.2, 0.25) is 12.8 Å². The second-order valence-corrected chi connectivity index (χ2v) is 7.66. The molecule has 0 aliphatic carbocycles. The number of anilines is 3. The maximum Gasteiger partial charge on any atom is 0.228 e. The number of rotatable bonds is 6. The molecule has 0 radical (unpaired) electrons. The first kappa shape index (κ1) is 21.8. The van der Waals surface area contributed by atoms with Crippen LogP contribution >= 0.6 is 0 Å². The molecule has 2 aromatic heterocycles. The van der Waals surface area contributed by atoms with Gasteiger partial charge in [0.05, 0.1) is 24.1 Å². The molecular weight excluding hydrogens is 418 g/mol. The number of alkyl halides is 1. The van der Waals surface area contributed by atoms with Crippen molar-refractivity contribution in [3.63, 3.8) is 0 Å². The van der Waals surface area contributed by atoms with E-state index in [-0.39, 0.29) is 18.0 Å². The molecule has 1 N–H and O–H groups in total. The van der Waals surface area contributed by atoms with E-state index in [9.17, 15) is 8.78 Å². The summed E-state index contributed by atoms with van der Waals surface area (Å²) in [6.07, 6.45) is 1.19. The molecule has 0 unspecified atom stereocenters. The molecule has 1 fully saturated rings. The fourth-order valence-electron chi connectivity index (χ4n) is 3.66. The second-order valence-electron chi connectivity index (χ2n) is 7.66. The largest absolute Gasteiger partial charge is 0.463 e. The quantitative estimate of drug-likeness (QED) is 0.612. The zero-order valence-corrected chi connectivity index (χ0v) is 18.0. The number of hydrogen-bond donors (Lipinski definition) is 1. The SMILES string of the molecule is Cc1nnc(Nc2nc(N3C[C@@H](C)O[C@@H](C)C3)ncc2F)cc1-c1ccc(OCF)cc1. The van der Waals surface area contributed by atoms with E-state index < -0.39 is 12.7 Å². The first-order chi connectivity index (χ1) is 15.4. The fourth-order valence-corrected chi connectivity index (χ4v) is 3.66. The predicted molar refractivity (Wildman–Crippen MR) is 116 cm³/mol. The van der Waals surface area contributed by atoms with E-state index in [1.165, 1.54) is 0 Å². The number of benzene rings is 1. The second kappa shape index (κ2) is 9.39. The molecule has 0 saturated carbocycles. The molecule has 4 rings (SSSR count). The van der Waals surface area contributed by atoms with E-state index in [1.54, 1.807) is 30.3 Å². The van der Waals surface area contributed by atoms with E-state index in [0.29, 0.717) is 36.3 Å². The normalized spacial score (nSPS) is 18.5.